The minimum atomic E-state index is -0.902. The number of nitrogens with zero attached hydrogens (tertiary/aromatic N) is 2. The fraction of sp³-hybridized carbons (Fsp3) is 0.556. The zero-order valence-electron chi connectivity index (χ0n) is 8.36. The Balaban J connectivity index is 2.46. The molecule has 1 heterocycles. The lowest BCUT2D eigenvalue weighted by Crippen LogP contribution is -2.15. The summed E-state index contributed by atoms with van der Waals surface area (Å²) in [6.07, 6.45) is 2.07. The summed E-state index contributed by atoms with van der Waals surface area (Å²) in [4.78, 5) is 16.3. The molecule has 0 aliphatic heterocycles. The average Bonchev–Trinajstić information content (AvgIpc) is 2.47. The van der Waals surface area contributed by atoms with Gasteiger partial charge in [-0.05, 0) is 14.1 Å². The molecule has 0 unspecified atom stereocenters. The molecule has 0 amide bonds. The molecule has 0 aliphatic rings. The lowest BCUT2D eigenvalue weighted by molar-refractivity contribution is -0.136. The quantitative estimate of drug-likeness (QED) is 0.742. The van der Waals surface area contributed by atoms with Crippen molar-refractivity contribution in [2.45, 2.75) is 12.8 Å². The molecule has 0 saturated carbocycles. The van der Waals surface area contributed by atoms with E-state index in [4.69, 9.17) is 9.52 Å². The van der Waals surface area contributed by atoms with Gasteiger partial charge in [0.2, 0.25) is 0 Å². The Hall–Kier alpha value is -1.36. The number of aromatic nitrogens is 1. The van der Waals surface area contributed by atoms with Crippen LogP contribution in [0.5, 0.6) is 0 Å². The van der Waals surface area contributed by atoms with Crippen molar-refractivity contribution in [3.63, 3.8) is 0 Å². The van der Waals surface area contributed by atoms with Crippen molar-refractivity contribution < 1.29 is 14.3 Å². The summed E-state index contributed by atoms with van der Waals surface area (Å²) in [6, 6.07) is 0. The van der Waals surface area contributed by atoms with Gasteiger partial charge in [0.15, 0.2) is 5.89 Å². The molecule has 0 spiro atoms. The Bertz CT molecular complexity index is 307. The topological polar surface area (TPSA) is 66.6 Å². The molecular weight excluding hydrogens is 184 g/mol. The number of aliphatic carboxylic acids is 1. The summed E-state index contributed by atoms with van der Waals surface area (Å²) in [6.45, 7) is 0.840. The van der Waals surface area contributed by atoms with Gasteiger partial charge < -0.3 is 14.4 Å². The Morgan fingerprint density at radius 3 is 2.93 bits per heavy atom. The van der Waals surface area contributed by atoms with E-state index in [0.29, 0.717) is 18.1 Å². The molecule has 5 heteroatoms. The lowest BCUT2D eigenvalue weighted by Gasteiger charge is -2.05. The van der Waals surface area contributed by atoms with E-state index in [2.05, 4.69) is 4.98 Å². The van der Waals surface area contributed by atoms with Crippen molar-refractivity contribution in [2.24, 2.45) is 0 Å². The van der Waals surface area contributed by atoms with Gasteiger partial charge in [0.25, 0.3) is 0 Å². The third-order valence-electron chi connectivity index (χ3n) is 1.70. The van der Waals surface area contributed by atoms with E-state index in [1.165, 1.54) is 6.20 Å². The maximum Gasteiger partial charge on any atom is 0.311 e. The zero-order valence-corrected chi connectivity index (χ0v) is 8.36. The predicted molar refractivity (Wildman–Crippen MR) is 50.1 cm³/mol. The minimum absolute atomic E-state index is 0.102. The summed E-state index contributed by atoms with van der Waals surface area (Å²) in [5.74, 6) is 0.0986. The van der Waals surface area contributed by atoms with Crippen LogP contribution in [-0.4, -0.2) is 41.6 Å². The fourth-order valence-corrected chi connectivity index (χ4v) is 1.01. The van der Waals surface area contributed by atoms with E-state index in [9.17, 15) is 4.79 Å². The highest BCUT2D eigenvalue weighted by atomic mass is 16.4. The van der Waals surface area contributed by atoms with Gasteiger partial charge in [-0.25, -0.2) is 4.98 Å². The van der Waals surface area contributed by atoms with Crippen LogP contribution < -0.4 is 0 Å². The van der Waals surface area contributed by atoms with E-state index in [0.717, 1.165) is 6.54 Å². The standard InChI is InChI=1S/C9H14N2O3/c1-11(2)4-3-8-10-6-7(14-8)5-9(12)13/h6H,3-5H2,1-2H3,(H,12,13). The summed E-state index contributed by atoms with van der Waals surface area (Å²) >= 11 is 0. The summed E-state index contributed by atoms with van der Waals surface area (Å²) < 4.78 is 5.23. The Labute approximate surface area is 82.4 Å². The van der Waals surface area contributed by atoms with Gasteiger partial charge in [0, 0.05) is 13.0 Å². The molecule has 1 rings (SSSR count). The maximum absolute atomic E-state index is 10.3. The number of carboxylic acid groups (broad SMARTS) is 1. The first kappa shape index (κ1) is 10.7. The van der Waals surface area contributed by atoms with Crippen molar-refractivity contribution in [1.29, 1.82) is 0 Å². The number of likely N-dealkylation sites (N-methyl/N-ethyl adjacent to an activating group) is 1. The molecule has 0 aromatic carbocycles. The van der Waals surface area contributed by atoms with Gasteiger partial charge in [-0.2, -0.15) is 0 Å². The third-order valence-corrected chi connectivity index (χ3v) is 1.70. The maximum atomic E-state index is 10.3. The minimum Gasteiger partial charge on any atom is -0.481 e. The van der Waals surface area contributed by atoms with Crippen molar-refractivity contribution in [3.8, 4) is 0 Å². The van der Waals surface area contributed by atoms with Gasteiger partial charge in [0.1, 0.15) is 12.2 Å². The number of rotatable bonds is 5. The van der Waals surface area contributed by atoms with Crippen LogP contribution >= 0.6 is 0 Å². The number of oxazole rings is 1. The molecular formula is C9H14N2O3. The number of carbonyl (C=O) groups is 1. The van der Waals surface area contributed by atoms with Crippen LogP contribution in [0.2, 0.25) is 0 Å². The van der Waals surface area contributed by atoms with Crippen LogP contribution in [0, 0.1) is 0 Å². The highest BCUT2D eigenvalue weighted by Crippen LogP contribution is 2.05. The van der Waals surface area contributed by atoms with Crippen LogP contribution in [-0.2, 0) is 17.6 Å². The first-order valence-electron chi connectivity index (χ1n) is 4.38. The predicted octanol–water partition coefficient (Wildman–Crippen LogP) is 0.406. The monoisotopic (exact) mass is 198 g/mol. The summed E-state index contributed by atoms with van der Waals surface area (Å²) in [5, 5.41) is 8.50. The molecule has 0 radical (unpaired) electrons. The van der Waals surface area contributed by atoms with Crippen molar-refractivity contribution in [3.05, 3.63) is 17.8 Å². The molecule has 0 aliphatic carbocycles. The second-order valence-corrected chi connectivity index (χ2v) is 3.34. The highest BCUT2D eigenvalue weighted by Gasteiger charge is 2.07. The molecule has 0 atom stereocenters. The second kappa shape index (κ2) is 4.76. The van der Waals surface area contributed by atoms with Crippen molar-refractivity contribution in [2.75, 3.05) is 20.6 Å². The molecule has 5 nitrogen and oxygen atoms in total. The van der Waals surface area contributed by atoms with E-state index in [1.807, 2.05) is 19.0 Å². The second-order valence-electron chi connectivity index (χ2n) is 3.34. The molecule has 14 heavy (non-hydrogen) atoms. The number of carboxylic acids is 1. The fourth-order valence-electron chi connectivity index (χ4n) is 1.01. The van der Waals surface area contributed by atoms with Crippen LogP contribution in [0.3, 0.4) is 0 Å². The van der Waals surface area contributed by atoms with Gasteiger partial charge in [-0.15, -0.1) is 0 Å². The third kappa shape index (κ3) is 3.57. The van der Waals surface area contributed by atoms with Gasteiger partial charge >= 0.3 is 5.97 Å². The average molecular weight is 198 g/mol. The molecule has 1 aromatic rings. The Morgan fingerprint density at radius 1 is 1.64 bits per heavy atom. The Kier molecular flexibility index (Phi) is 3.64. The molecule has 1 N–H and O–H groups in total. The van der Waals surface area contributed by atoms with E-state index >= 15 is 0 Å². The van der Waals surface area contributed by atoms with Gasteiger partial charge in [0.05, 0.1) is 6.20 Å². The first-order chi connectivity index (χ1) is 6.58. The van der Waals surface area contributed by atoms with Crippen LogP contribution in [0.25, 0.3) is 0 Å². The zero-order chi connectivity index (χ0) is 10.6. The molecule has 0 fully saturated rings. The van der Waals surface area contributed by atoms with E-state index in [1.54, 1.807) is 0 Å². The lowest BCUT2D eigenvalue weighted by atomic mass is 10.4. The van der Waals surface area contributed by atoms with Crippen molar-refractivity contribution in [1.82, 2.24) is 9.88 Å². The molecule has 1 aromatic heterocycles. The number of hydrogen-bond donors (Lipinski definition) is 1. The summed E-state index contributed by atoms with van der Waals surface area (Å²) in [5.41, 5.74) is 0. The van der Waals surface area contributed by atoms with Crippen LogP contribution in [0.1, 0.15) is 11.7 Å². The van der Waals surface area contributed by atoms with Crippen molar-refractivity contribution >= 4 is 5.97 Å². The SMILES string of the molecule is CN(C)CCc1ncc(CC(=O)O)o1. The molecule has 0 bridgehead atoms. The molecule has 0 saturated heterocycles. The van der Waals surface area contributed by atoms with Gasteiger partial charge in [-0.1, -0.05) is 0 Å². The van der Waals surface area contributed by atoms with Crippen LogP contribution in [0.4, 0.5) is 0 Å². The molecule has 78 valence electrons. The highest BCUT2D eigenvalue weighted by molar-refractivity contribution is 5.69. The number of hydrogen-bond acceptors (Lipinski definition) is 4. The van der Waals surface area contributed by atoms with Gasteiger partial charge in [-0.3, -0.25) is 4.79 Å². The summed E-state index contributed by atoms with van der Waals surface area (Å²) in [7, 11) is 3.92. The first-order valence-corrected chi connectivity index (χ1v) is 4.38. The van der Waals surface area contributed by atoms with E-state index in [-0.39, 0.29) is 6.42 Å². The smallest absolute Gasteiger partial charge is 0.311 e. The Morgan fingerprint density at radius 2 is 2.36 bits per heavy atom. The van der Waals surface area contributed by atoms with E-state index < -0.39 is 5.97 Å². The largest absolute Gasteiger partial charge is 0.481 e. The van der Waals surface area contributed by atoms with Crippen LogP contribution in [0.15, 0.2) is 10.6 Å². The normalized spacial score (nSPS) is 10.8.